The van der Waals surface area contributed by atoms with Gasteiger partial charge in [-0.05, 0) is 55.3 Å². The highest BCUT2D eigenvalue weighted by atomic mass is 32.1. The first-order valence-electron chi connectivity index (χ1n) is 9.39. The van der Waals surface area contributed by atoms with E-state index < -0.39 is 0 Å². The van der Waals surface area contributed by atoms with E-state index in [1.54, 1.807) is 0 Å². The minimum atomic E-state index is 0.147. The highest BCUT2D eigenvalue weighted by molar-refractivity contribution is 7.12. The summed E-state index contributed by atoms with van der Waals surface area (Å²) in [6, 6.07) is 6.13. The Labute approximate surface area is 158 Å². The number of piperidine rings is 1. The van der Waals surface area contributed by atoms with Gasteiger partial charge in [-0.1, -0.05) is 0 Å². The smallest absolute Gasteiger partial charge is 0.264 e. The predicted octanol–water partition coefficient (Wildman–Crippen LogP) is 2.80. The summed E-state index contributed by atoms with van der Waals surface area (Å²) in [6.07, 6.45) is 3.79. The summed E-state index contributed by atoms with van der Waals surface area (Å²) in [4.78, 5) is 19.9. The van der Waals surface area contributed by atoms with Crippen molar-refractivity contribution in [3.63, 3.8) is 0 Å². The van der Waals surface area contributed by atoms with Crippen molar-refractivity contribution in [1.29, 1.82) is 0 Å². The standard InChI is InChI=1S/C19H25N5OS/c1-15-13-16(26-14-15)19(25)24-11-9-23(10-12-24)18-6-5-17(20-21-18)22-7-3-2-4-8-22/h5-6,13-14H,2-4,7-12H2,1H3. The number of hydrogen-bond acceptors (Lipinski definition) is 6. The van der Waals surface area contributed by atoms with Crippen molar-refractivity contribution in [3.8, 4) is 0 Å². The fourth-order valence-electron chi connectivity index (χ4n) is 3.62. The van der Waals surface area contributed by atoms with Gasteiger partial charge in [0.1, 0.15) is 0 Å². The zero-order valence-electron chi connectivity index (χ0n) is 15.2. The molecule has 138 valence electrons. The number of anilines is 2. The Kier molecular flexibility index (Phi) is 5.06. The molecule has 2 aromatic heterocycles. The Bertz CT molecular complexity index is 746. The monoisotopic (exact) mass is 371 g/mol. The Morgan fingerprint density at radius 3 is 2.08 bits per heavy atom. The summed E-state index contributed by atoms with van der Waals surface area (Å²) in [6.45, 7) is 7.24. The summed E-state index contributed by atoms with van der Waals surface area (Å²) >= 11 is 1.53. The number of thiophene rings is 1. The number of carbonyl (C=O) groups is 1. The van der Waals surface area contributed by atoms with Gasteiger partial charge in [0, 0.05) is 39.3 Å². The van der Waals surface area contributed by atoms with E-state index in [1.807, 2.05) is 23.3 Å². The molecule has 2 aliphatic heterocycles. The molecule has 0 N–H and O–H groups in total. The number of hydrogen-bond donors (Lipinski definition) is 0. The van der Waals surface area contributed by atoms with Gasteiger partial charge in [-0.25, -0.2) is 0 Å². The third kappa shape index (κ3) is 3.67. The van der Waals surface area contributed by atoms with Crippen molar-refractivity contribution in [1.82, 2.24) is 15.1 Å². The first-order valence-corrected chi connectivity index (χ1v) is 10.3. The quantitative estimate of drug-likeness (QED) is 0.830. The largest absolute Gasteiger partial charge is 0.355 e. The molecule has 0 radical (unpaired) electrons. The number of aryl methyl sites for hydroxylation is 1. The Balaban J connectivity index is 1.35. The number of amides is 1. The van der Waals surface area contributed by atoms with E-state index in [-0.39, 0.29) is 5.91 Å². The molecule has 4 heterocycles. The molecule has 0 aromatic carbocycles. The molecule has 0 spiro atoms. The molecule has 0 unspecified atom stereocenters. The van der Waals surface area contributed by atoms with Crippen LogP contribution >= 0.6 is 11.3 Å². The summed E-state index contributed by atoms with van der Waals surface area (Å²) in [7, 11) is 0. The van der Waals surface area contributed by atoms with Crippen LogP contribution in [0, 0.1) is 6.92 Å². The molecule has 1 amide bonds. The number of aromatic nitrogens is 2. The highest BCUT2D eigenvalue weighted by Gasteiger charge is 2.24. The maximum atomic E-state index is 12.6. The van der Waals surface area contributed by atoms with Crippen molar-refractivity contribution in [3.05, 3.63) is 34.0 Å². The van der Waals surface area contributed by atoms with E-state index in [0.717, 1.165) is 61.3 Å². The molecule has 6 nitrogen and oxygen atoms in total. The second-order valence-electron chi connectivity index (χ2n) is 7.06. The molecule has 4 rings (SSSR count). The van der Waals surface area contributed by atoms with Crippen molar-refractivity contribution < 1.29 is 4.79 Å². The molecule has 0 saturated carbocycles. The van der Waals surface area contributed by atoms with Crippen LogP contribution in [-0.2, 0) is 0 Å². The van der Waals surface area contributed by atoms with Gasteiger partial charge in [-0.15, -0.1) is 21.5 Å². The summed E-state index contributed by atoms with van der Waals surface area (Å²) in [5, 5.41) is 10.9. The maximum Gasteiger partial charge on any atom is 0.264 e. The summed E-state index contributed by atoms with van der Waals surface area (Å²) in [5.74, 6) is 2.04. The first kappa shape index (κ1) is 17.3. The van der Waals surface area contributed by atoms with Crippen LogP contribution in [0.25, 0.3) is 0 Å². The fraction of sp³-hybridized carbons (Fsp3) is 0.526. The zero-order chi connectivity index (χ0) is 17.9. The maximum absolute atomic E-state index is 12.6. The van der Waals surface area contributed by atoms with E-state index >= 15 is 0 Å². The van der Waals surface area contributed by atoms with E-state index in [2.05, 4.69) is 32.1 Å². The lowest BCUT2D eigenvalue weighted by Crippen LogP contribution is -2.49. The van der Waals surface area contributed by atoms with E-state index in [9.17, 15) is 4.79 Å². The second kappa shape index (κ2) is 7.61. The van der Waals surface area contributed by atoms with Crippen molar-refractivity contribution in [2.45, 2.75) is 26.2 Å². The van der Waals surface area contributed by atoms with Crippen molar-refractivity contribution in [2.24, 2.45) is 0 Å². The van der Waals surface area contributed by atoms with Crippen LogP contribution in [0.1, 0.15) is 34.5 Å². The van der Waals surface area contributed by atoms with Gasteiger partial charge in [-0.3, -0.25) is 4.79 Å². The SMILES string of the molecule is Cc1csc(C(=O)N2CCN(c3ccc(N4CCCCC4)nn3)CC2)c1. The molecule has 2 fully saturated rings. The van der Waals surface area contributed by atoms with Crippen LogP contribution in [0.3, 0.4) is 0 Å². The van der Waals surface area contributed by atoms with Gasteiger partial charge in [0.15, 0.2) is 11.6 Å². The number of rotatable bonds is 3. The van der Waals surface area contributed by atoms with Gasteiger partial charge >= 0.3 is 0 Å². The normalized spacial score (nSPS) is 18.3. The third-order valence-electron chi connectivity index (χ3n) is 5.15. The molecule has 0 aliphatic carbocycles. The molecule has 7 heteroatoms. The van der Waals surface area contributed by atoms with Gasteiger partial charge in [0.25, 0.3) is 5.91 Å². The minimum Gasteiger partial charge on any atom is -0.355 e. The molecular weight excluding hydrogens is 346 g/mol. The van der Waals surface area contributed by atoms with Crippen molar-refractivity contribution >= 4 is 28.9 Å². The molecule has 2 aliphatic rings. The van der Waals surface area contributed by atoms with Crippen LogP contribution in [0.15, 0.2) is 23.6 Å². The number of carbonyl (C=O) groups excluding carboxylic acids is 1. The molecule has 0 bridgehead atoms. The first-order chi connectivity index (χ1) is 12.7. The lowest BCUT2D eigenvalue weighted by atomic mass is 10.1. The molecule has 2 saturated heterocycles. The highest BCUT2D eigenvalue weighted by Crippen LogP contribution is 2.21. The van der Waals surface area contributed by atoms with Gasteiger partial charge in [0.05, 0.1) is 4.88 Å². The number of nitrogens with zero attached hydrogens (tertiary/aromatic N) is 5. The Morgan fingerprint density at radius 1 is 0.923 bits per heavy atom. The van der Waals surface area contributed by atoms with Gasteiger partial charge in [-0.2, -0.15) is 0 Å². The topological polar surface area (TPSA) is 52.6 Å². The lowest BCUT2D eigenvalue weighted by molar-refractivity contribution is 0.0751. The Morgan fingerprint density at radius 2 is 1.54 bits per heavy atom. The van der Waals surface area contributed by atoms with Gasteiger partial charge in [0.2, 0.25) is 0 Å². The average molecular weight is 372 g/mol. The average Bonchev–Trinajstić information content (AvgIpc) is 3.15. The van der Waals surface area contributed by atoms with E-state index in [1.165, 1.54) is 30.6 Å². The predicted molar refractivity (Wildman–Crippen MR) is 105 cm³/mol. The van der Waals surface area contributed by atoms with Crippen molar-refractivity contribution in [2.75, 3.05) is 49.1 Å². The third-order valence-corrected chi connectivity index (χ3v) is 6.18. The molecule has 2 aromatic rings. The van der Waals surface area contributed by atoms with Crippen LogP contribution < -0.4 is 9.80 Å². The molecule has 26 heavy (non-hydrogen) atoms. The van der Waals surface area contributed by atoms with Crippen LogP contribution in [0.4, 0.5) is 11.6 Å². The second-order valence-corrected chi connectivity index (χ2v) is 7.98. The fourth-order valence-corrected chi connectivity index (χ4v) is 4.48. The Hall–Kier alpha value is -2.15. The van der Waals surface area contributed by atoms with E-state index in [4.69, 9.17) is 0 Å². The summed E-state index contributed by atoms with van der Waals surface area (Å²) in [5.41, 5.74) is 1.15. The molecule has 0 atom stereocenters. The number of piperazine rings is 1. The molecular formula is C19H25N5OS. The van der Waals surface area contributed by atoms with Gasteiger partial charge < -0.3 is 14.7 Å². The zero-order valence-corrected chi connectivity index (χ0v) is 16.0. The minimum absolute atomic E-state index is 0.147. The van der Waals surface area contributed by atoms with Crippen LogP contribution in [-0.4, -0.2) is 60.3 Å². The van der Waals surface area contributed by atoms with Crippen LogP contribution in [0.2, 0.25) is 0 Å². The van der Waals surface area contributed by atoms with Crippen LogP contribution in [0.5, 0.6) is 0 Å². The summed E-state index contributed by atoms with van der Waals surface area (Å²) < 4.78 is 0. The lowest BCUT2D eigenvalue weighted by Gasteiger charge is -2.35. The van der Waals surface area contributed by atoms with E-state index in [0.29, 0.717) is 0 Å².